The fourth-order valence-electron chi connectivity index (χ4n) is 1.81. The first-order valence-corrected chi connectivity index (χ1v) is 5.81. The Bertz CT molecular complexity index is 667. The van der Waals surface area contributed by atoms with E-state index in [4.69, 9.17) is 0 Å². The van der Waals surface area contributed by atoms with E-state index in [-0.39, 0.29) is 6.42 Å². The first-order chi connectivity index (χ1) is 9.38. The highest BCUT2D eigenvalue weighted by Crippen LogP contribution is 2.19. The number of aryl methyl sites for hydroxylation is 2. The lowest BCUT2D eigenvalue weighted by Crippen LogP contribution is -2.17. The lowest BCUT2D eigenvalue weighted by molar-refractivity contribution is -0.115. The Morgan fingerprint density at radius 3 is 2.60 bits per heavy atom. The third-order valence-corrected chi connectivity index (χ3v) is 2.75. The Morgan fingerprint density at radius 2 is 2.00 bits per heavy atom. The van der Waals surface area contributed by atoms with Crippen molar-refractivity contribution >= 4 is 11.6 Å². The largest absolute Gasteiger partial charge is 0.323 e. The summed E-state index contributed by atoms with van der Waals surface area (Å²) in [5.41, 5.74) is 0.977. The highest BCUT2D eigenvalue weighted by molar-refractivity contribution is 5.92. The summed E-state index contributed by atoms with van der Waals surface area (Å²) >= 11 is 0. The van der Waals surface area contributed by atoms with Crippen molar-refractivity contribution in [3.8, 4) is 0 Å². The SMILES string of the molecule is Cc1cc(CC(=O)Nc2ccc(F)c(F)c2F)n(C)n1. The summed E-state index contributed by atoms with van der Waals surface area (Å²) in [6.07, 6.45) is -0.0459. The molecule has 1 heterocycles. The maximum absolute atomic E-state index is 13.4. The Labute approximate surface area is 113 Å². The second-order valence-corrected chi connectivity index (χ2v) is 4.35. The third kappa shape index (κ3) is 2.81. The lowest BCUT2D eigenvalue weighted by Gasteiger charge is -2.07. The van der Waals surface area contributed by atoms with Gasteiger partial charge in [0.05, 0.1) is 17.8 Å². The average molecular weight is 283 g/mol. The van der Waals surface area contributed by atoms with E-state index in [2.05, 4.69) is 10.4 Å². The van der Waals surface area contributed by atoms with Crippen molar-refractivity contribution in [3.63, 3.8) is 0 Å². The summed E-state index contributed by atoms with van der Waals surface area (Å²) < 4.78 is 40.7. The average Bonchev–Trinajstić information content (AvgIpc) is 2.68. The number of aromatic nitrogens is 2. The molecule has 0 fully saturated rings. The fourth-order valence-corrected chi connectivity index (χ4v) is 1.81. The number of anilines is 1. The zero-order valence-corrected chi connectivity index (χ0v) is 10.9. The molecular weight excluding hydrogens is 271 g/mol. The summed E-state index contributed by atoms with van der Waals surface area (Å²) in [6.45, 7) is 1.77. The van der Waals surface area contributed by atoms with Crippen molar-refractivity contribution < 1.29 is 18.0 Å². The highest BCUT2D eigenvalue weighted by atomic mass is 19.2. The Hall–Kier alpha value is -2.31. The first-order valence-electron chi connectivity index (χ1n) is 5.81. The first kappa shape index (κ1) is 14.1. The molecule has 0 aliphatic heterocycles. The standard InChI is InChI=1S/C13H12F3N3O/c1-7-5-8(19(2)18-7)6-11(20)17-10-4-3-9(14)12(15)13(10)16/h3-5H,6H2,1-2H3,(H,17,20). The summed E-state index contributed by atoms with van der Waals surface area (Å²) in [7, 11) is 1.67. The molecule has 0 saturated heterocycles. The number of rotatable bonds is 3. The van der Waals surface area contributed by atoms with E-state index >= 15 is 0 Å². The number of carbonyl (C=O) groups is 1. The third-order valence-electron chi connectivity index (χ3n) is 2.75. The molecule has 0 spiro atoms. The van der Waals surface area contributed by atoms with Gasteiger partial charge in [-0.1, -0.05) is 0 Å². The molecule has 7 heteroatoms. The van der Waals surface area contributed by atoms with Gasteiger partial charge in [0.2, 0.25) is 5.91 Å². The Balaban J connectivity index is 2.13. The molecule has 1 N–H and O–H groups in total. The molecule has 2 aromatic rings. The van der Waals surface area contributed by atoms with Gasteiger partial charge in [0.15, 0.2) is 17.5 Å². The van der Waals surface area contributed by atoms with Crippen LogP contribution in [0.5, 0.6) is 0 Å². The summed E-state index contributed by atoms with van der Waals surface area (Å²) in [4.78, 5) is 11.8. The van der Waals surface area contributed by atoms with Gasteiger partial charge in [0.1, 0.15) is 0 Å². The van der Waals surface area contributed by atoms with Gasteiger partial charge in [0, 0.05) is 12.7 Å². The van der Waals surface area contributed by atoms with E-state index in [1.54, 1.807) is 20.0 Å². The van der Waals surface area contributed by atoms with Crippen molar-refractivity contribution in [1.82, 2.24) is 9.78 Å². The predicted molar refractivity (Wildman–Crippen MR) is 66.6 cm³/mol. The quantitative estimate of drug-likeness (QED) is 0.879. The Kier molecular flexibility index (Phi) is 3.78. The van der Waals surface area contributed by atoms with Crippen LogP contribution in [0.25, 0.3) is 0 Å². The normalized spacial score (nSPS) is 10.7. The van der Waals surface area contributed by atoms with Gasteiger partial charge < -0.3 is 5.32 Å². The molecule has 0 unspecified atom stereocenters. The van der Waals surface area contributed by atoms with Crippen LogP contribution in [-0.2, 0) is 18.3 Å². The molecule has 0 atom stereocenters. The maximum atomic E-state index is 13.4. The number of hydrogen-bond acceptors (Lipinski definition) is 2. The number of halogens is 3. The number of hydrogen-bond donors (Lipinski definition) is 1. The number of nitrogens with one attached hydrogen (secondary N) is 1. The zero-order chi connectivity index (χ0) is 14.9. The van der Waals surface area contributed by atoms with Gasteiger partial charge in [-0.15, -0.1) is 0 Å². The van der Waals surface area contributed by atoms with Gasteiger partial charge in [-0.3, -0.25) is 9.48 Å². The molecule has 2 rings (SSSR count). The van der Waals surface area contributed by atoms with E-state index in [9.17, 15) is 18.0 Å². The number of amides is 1. The molecule has 0 saturated carbocycles. The van der Waals surface area contributed by atoms with Crippen LogP contribution in [0.2, 0.25) is 0 Å². The molecule has 0 aliphatic rings. The van der Waals surface area contributed by atoms with Crippen molar-refractivity contribution in [2.75, 3.05) is 5.32 Å². The maximum Gasteiger partial charge on any atom is 0.230 e. The zero-order valence-electron chi connectivity index (χ0n) is 10.9. The van der Waals surface area contributed by atoms with Crippen LogP contribution in [0.15, 0.2) is 18.2 Å². The minimum Gasteiger partial charge on any atom is -0.323 e. The van der Waals surface area contributed by atoms with Gasteiger partial charge in [0.25, 0.3) is 0 Å². The van der Waals surface area contributed by atoms with Crippen LogP contribution < -0.4 is 5.32 Å². The van der Waals surface area contributed by atoms with Crippen molar-refractivity contribution in [3.05, 3.63) is 47.0 Å². The smallest absolute Gasteiger partial charge is 0.230 e. The minimum atomic E-state index is -1.61. The molecule has 20 heavy (non-hydrogen) atoms. The topological polar surface area (TPSA) is 46.9 Å². The molecule has 0 aliphatic carbocycles. The molecular formula is C13H12F3N3O. The number of carbonyl (C=O) groups excluding carboxylic acids is 1. The van der Waals surface area contributed by atoms with Crippen molar-refractivity contribution in [1.29, 1.82) is 0 Å². The van der Waals surface area contributed by atoms with E-state index in [0.29, 0.717) is 5.69 Å². The van der Waals surface area contributed by atoms with Crippen molar-refractivity contribution in [2.24, 2.45) is 7.05 Å². The predicted octanol–water partition coefficient (Wildman–Crippen LogP) is 2.33. The van der Waals surface area contributed by atoms with Crippen LogP contribution in [0.4, 0.5) is 18.9 Å². The van der Waals surface area contributed by atoms with Gasteiger partial charge >= 0.3 is 0 Å². The van der Waals surface area contributed by atoms with Crippen LogP contribution in [0.1, 0.15) is 11.4 Å². The highest BCUT2D eigenvalue weighted by Gasteiger charge is 2.16. The molecule has 106 valence electrons. The summed E-state index contributed by atoms with van der Waals surface area (Å²) in [5, 5.41) is 6.27. The van der Waals surface area contributed by atoms with E-state index < -0.39 is 29.0 Å². The van der Waals surface area contributed by atoms with Crippen LogP contribution in [-0.4, -0.2) is 15.7 Å². The molecule has 0 radical (unpaired) electrons. The van der Waals surface area contributed by atoms with Crippen molar-refractivity contribution in [2.45, 2.75) is 13.3 Å². The number of nitrogens with zero attached hydrogens (tertiary/aromatic N) is 2. The fraction of sp³-hybridized carbons (Fsp3) is 0.231. The van der Waals surface area contributed by atoms with E-state index in [0.717, 1.165) is 17.8 Å². The van der Waals surface area contributed by atoms with Crippen LogP contribution >= 0.6 is 0 Å². The van der Waals surface area contributed by atoms with Crippen LogP contribution in [0, 0.1) is 24.4 Å². The summed E-state index contributed by atoms with van der Waals surface area (Å²) in [5.74, 6) is -4.88. The van der Waals surface area contributed by atoms with Crippen LogP contribution in [0.3, 0.4) is 0 Å². The molecule has 1 aromatic heterocycles. The lowest BCUT2D eigenvalue weighted by atomic mass is 10.2. The van der Waals surface area contributed by atoms with E-state index in [1.807, 2.05) is 0 Å². The molecule has 4 nitrogen and oxygen atoms in total. The summed E-state index contributed by atoms with van der Waals surface area (Å²) in [6, 6.07) is 3.43. The Morgan fingerprint density at radius 1 is 1.30 bits per heavy atom. The second kappa shape index (κ2) is 5.36. The molecule has 1 aromatic carbocycles. The van der Waals surface area contributed by atoms with Gasteiger partial charge in [-0.2, -0.15) is 5.10 Å². The minimum absolute atomic E-state index is 0.0459. The van der Waals surface area contributed by atoms with E-state index in [1.165, 1.54) is 4.68 Å². The molecule has 0 bridgehead atoms. The van der Waals surface area contributed by atoms with Gasteiger partial charge in [-0.05, 0) is 25.1 Å². The second-order valence-electron chi connectivity index (χ2n) is 4.35. The number of benzene rings is 1. The molecule has 1 amide bonds. The monoisotopic (exact) mass is 283 g/mol. The van der Waals surface area contributed by atoms with Gasteiger partial charge in [-0.25, -0.2) is 13.2 Å².